The SMILES string of the molecule is CCCCOC(CCc1cc(C)c(OC(C)(C)C(=O)O)c(C)c1)c1ccc(C)cc1. The first-order valence-electron chi connectivity index (χ1n) is 10.8. The van der Waals surface area contributed by atoms with Gasteiger partial charge in [0.15, 0.2) is 5.60 Å². The summed E-state index contributed by atoms with van der Waals surface area (Å²) < 4.78 is 12.0. The predicted octanol–water partition coefficient (Wildman–Crippen LogP) is 6.34. The van der Waals surface area contributed by atoms with Crippen LogP contribution in [0.15, 0.2) is 36.4 Å². The van der Waals surface area contributed by atoms with Gasteiger partial charge in [-0.3, -0.25) is 0 Å². The van der Waals surface area contributed by atoms with E-state index >= 15 is 0 Å². The Morgan fingerprint density at radius 3 is 2.20 bits per heavy atom. The van der Waals surface area contributed by atoms with Crippen LogP contribution in [-0.4, -0.2) is 23.3 Å². The third-order valence-electron chi connectivity index (χ3n) is 5.35. The second kappa shape index (κ2) is 10.6. The van der Waals surface area contributed by atoms with Gasteiger partial charge in [0.05, 0.1) is 6.10 Å². The highest BCUT2D eigenvalue weighted by molar-refractivity contribution is 5.77. The van der Waals surface area contributed by atoms with E-state index in [1.165, 1.54) is 16.7 Å². The molecule has 1 N–H and O–H groups in total. The summed E-state index contributed by atoms with van der Waals surface area (Å²) in [6.07, 6.45) is 4.03. The Balaban J connectivity index is 2.14. The Morgan fingerprint density at radius 1 is 1.07 bits per heavy atom. The van der Waals surface area contributed by atoms with E-state index in [0.29, 0.717) is 5.75 Å². The van der Waals surface area contributed by atoms with Crippen LogP contribution in [0, 0.1) is 20.8 Å². The molecule has 0 saturated carbocycles. The number of carboxylic acid groups (broad SMARTS) is 1. The van der Waals surface area contributed by atoms with Crippen LogP contribution in [0.4, 0.5) is 0 Å². The summed E-state index contributed by atoms with van der Waals surface area (Å²) >= 11 is 0. The van der Waals surface area contributed by atoms with Crippen molar-refractivity contribution in [3.8, 4) is 5.75 Å². The molecule has 0 aliphatic heterocycles. The number of aliphatic carboxylic acids is 1. The molecule has 0 heterocycles. The van der Waals surface area contributed by atoms with Gasteiger partial charge < -0.3 is 14.6 Å². The highest BCUT2D eigenvalue weighted by Gasteiger charge is 2.30. The molecular weight excluding hydrogens is 376 g/mol. The molecule has 0 fully saturated rings. The molecular formula is C26H36O4. The minimum atomic E-state index is -1.26. The summed E-state index contributed by atoms with van der Waals surface area (Å²) in [4.78, 5) is 11.4. The van der Waals surface area contributed by atoms with Crippen molar-refractivity contribution in [2.24, 2.45) is 0 Å². The molecule has 0 radical (unpaired) electrons. The molecule has 4 nitrogen and oxygen atoms in total. The highest BCUT2D eigenvalue weighted by atomic mass is 16.5. The third kappa shape index (κ3) is 6.60. The number of rotatable bonds is 11. The molecule has 1 atom stereocenters. The maximum atomic E-state index is 11.4. The molecule has 2 aromatic rings. The van der Waals surface area contributed by atoms with E-state index in [2.05, 4.69) is 50.2 Å². The van der Waals surface area contributed by atoms with Gasteiger partial charge in [-0.05, 0) is 76.1 Å². The fourth-order valence-electron chi connectivity index (χ4n) is 3.44. The van der Waals surface area contributed by atoms with E-state index in [1.54, 1.807) is 13.8 Å². The average molecular weight is 413 g/mol. The van der Waals surface area contributed by atoms with Crippen molar-refractivity contribution in [1.82, 2.24) is 0 Å². The van der Waals surface area contributed by atoms with E-state index < -0.39 is 11.6 Å². The monoisotopic (exact) mass is 412 g/mol. The number of hydrogen-bond acceptors (Lipinski definition) is 3. The lowest BCUT2D eigenvalue weighted by molar-refractivity contribution is -0.152. The Hall–Kier alpha value is -2.33. The molecule has 164 valence electrons. The summed E-state index contributed by atoms with van der Waals surface area (Å²) in [6, 6.07) is 12.8. The second-order valence-electron chi connectivity index (χ2n) is 8.64. The molecule has 2 rings (SSSR count). The number of aryl methyl sites for hydroxylation is 4. The molecule has 1 unspecified atom stereocenters. The number of unbranched alkanes of at least 4 members (excludes halogenated alkanes) is 1. The summed E-state index contributed by atoms with van der Waals surface area (Å²) in [5, 5.41) is 9.36. The van der Waals surface area contributed by atoms with Crippen molar-refractivity contribution in [2.45, 2.75) is 78.9 Å². The molecule has 0 bridgehead atoms. The van der Waals surface area contributed by atoms with Crippen molar-refractivity contribution < 1.29 is 19.4 Å². The molecule has 0 aromatic heterocycles. The first-order valence-corrected chi connectivity index (χ1v) is 10.8. The molecule has 0 aliphatic rings. The van der Waals surface area contributed by atoms with Crippen LogP contribution in [0.3, 0.4) is 0 Å². The van der Waals surface area contributed by atoms with Crippen molar-refractivity contribution >= 4 is 5.97 Å². The average Bonchev–Trinajstić information content (AvgIpc) is 2.68. The molecule has 30 heavy (non-hydrogen) atoms. The largest absolute Gasteiger partial charge is 0.478 e. The molecule has 0 aliphatic carbocycles. The van der Waals surface area contributed by atoms with Gasteiger partial charge in [0.25, 0.3) is 0 Å². The van der Waals surface area contributed by atoms with Crippen molar-refractivity contribution in [1.29, 1.82) is 0 Å². The lowest BCUT2D eigenvalue weighted by Gasteiger charge is -2.25. The van der Waals surface area contributed by atoms with Crippen LogP contribution < -0.4 is 4.74 Å². The number of hydrogen-bond donors (Lipinski definition) is 1. The third-order valence-corrected chi connectivity index (χ3v) is 5.35. The number of ether oxygens (including phenoxy) is 2. The summed E-state index contributed by atoms with van der Waals surface area (Å²) in [5.74, 6) is -0.323. The lowest BCUT2D eigenvalue weighted by atomic mass is 9.97. The first kappa shape index (κ1) is 23.9. The van der Waals surface area contributed by atoms with E-state index in [0.717, 1.165) is 43.4 Å². The van der Waals surface area contributed by atoms with Gasteiger partial charge >= 0.3 is 5.97 Å². The molecule has 0 spiro atoms. The summed E-state index contributed by atoms with van der Waals surface area (Å²) in [7, 11) is 0. The zero-order valence-electron chi connectivity index (χ0n) is 19.2. The maximum Gasteiger partial charge on any atom is 0.347 e. The van der Waals surface area contributed by atoms with Crippen LogP contribution >= 0.6 is 0 Å². The Bertz CT molecular complexity index is 814. The van der Waals surface area contributed by atoms with E-state index in [1.807, 2.05) is 13.8 Å². The van der Waals surface area contributed by atoms with Gasteiger partial charge in [-0.1, -0.05) is 55.3 Å². The molecule has 0 amide bonds. The second-order valence-corrected chi connectivity index (χ2v) is 8.64. The summed E-state index contributed by atoms with van der Waals surface area (Å²) in [5.41, 5.74) is 4.32. The predicted molar refractivity (Wildman–Crippen MR) is 121 cm³/mol. The smallest absolute Gasteiger partial charge is 0.347 e. The normalized spacial score (nSPS) is 12.6. The van der Waals surface area contributed by atoms with Crippen molar-refractivity contribution in [3.05, 3.63) is 64.2 Å². The quantitative estimate of drug-likeness (QED) is 0.437. The number of benzene rings is 2. The van der Waals surface area contributed by atoms with E-state index in [9.17, 15) is 9.90 Å². The Labute approximate surface area is 181 Å². The zero-order chi connectivity index (χ0) is 22.3. The minimum absolute atomic E-state index is 0.0691. The number of carboxylic acids is 1. The fourth-order valence-corrected chi connectivity index (χ4v) is 3.44. The topological polar surface area (TPSA) is 55.8 Å². The van der Waals surface area contributed by atoms with Crippen LogP contribution in [0.25, 0.3) is 0 Å². The van der Waals surface area contributed by atoms with Gasteiger partial charge in [0.2, 0.25) is 0 Å². The van der Waals surface area contributed by atoms with E-state index in [4.69, 9.17) is 9.47 Å². The Morgan fingerprint density at radius 2 is 1.67 bits per heavy atom. The first-order chi connectivity index (χ1) is 14.1. The van der Waals surface area contributed by atoms with Crippen LogP contribution in [0.2, 0.25) is 0 Å². The Kier molecular flexibility index (Phi) is 8.48. The highest BCUT2D eigenvalue weighted by Crippen LogP contribution is 2.31. The van der Waals surface area contributed by atoms with Gasteiger partial charge in [0, 0.05) is 6.61 Å². The van der Waals surface area contributed by atoms with Crippen molar-refractivity contribution in [2.75, 3.05) is 6.61 Å². The minimum Gasteiger partial charge on any atom is -0.478 e. The lowest BCUT2D eigenvalue weighted by Crippen LogP contribution is -2.38. The van der Waals surface area contributed by atoms with E-state index in [-0.39, 0.29) is 6.10 Å². The van der Waals surface area contributed by atoms with Crippen LogP contribution in [0.5, 0.6) is 5.75 Å². The van der Waals surface area contributed by atoms with Gasteiger partial charge in [0.1, 0.15) is 5.75 Å². The van der Waals surface area contributed by atoms with Crippen LogP contribution in [0.1, 0.15) is 74.0 Å². The van der Waals surface area contributed by atoms with Crippen LogP contribution in [-0.2, 0) is 16.0 Å². The molecule has 2 aromatic carbocycles. The van der Waals surface area contributed by atoms with Gasteiger partial charge in [-0.25, -0.2) is 4.79 Å². The maximum absolute atomic E-state index is 11.4. The standard InChI is InChI=1S/C26H36O4/c1-7-8-15-29-23(22-12-9-18(2)10-13-22)14-11-21-16-19(3)24(20(4)17-21)30-26(5,6)25(27)28/h9-10,12-13,16-17,23H,7-8,11,14-15H2,1-6H3,(H,27,28). The fraction of sp³-hybridized carbons (Fsp3) is 0.500. The van der Waals surface area contributed by atoms with Gasteiger partial charge in [-0.2, -0.15) is 0 Å². The summed E-state index contributed by atoms with van der Waals surface area (Å²) in [6.45, 7) is 12.1. The zero-order valence-corrected chi connectivity index (χ0v) is 19.2. The molecule has 4 heteroatoms. The molecule has 0 saturated heterocycles. The van der Waals surface area contributed by atoms with Crippen molar-refractivity contribution in [3.63, 3.8) is 0 Å². The van der Waals surface area contributed by atoms with Gasteiger partial charge in [-0.15, -0.1) is 0 Å². The number of carbonyl (C=O) groups is 1.